The predicted molar refractivity (Wildman–Crippen MR) is 95.9 cm³/mol. The SMILES string of the molecule is CCc1ccccc1O[C@H](C)C(=O)NCCOc1ccccc1Cl. The number of carbonyl (C=O) groups is 1. The monoisotopic (exact) mass is 347 g/mol. The third kappa shape index (κ3) is 5.17. The van der Waals surface area contributed by atoms with Gasteiger partial charge in [-0.05, 0) is 37.1 Å². The van der Waals surface area contributed by atoms with Crippen LogP contribution in [0.1, 0.15) is 19.4 Å². The lowest BCUT2D eigenvalue weighted by Crippen LogP contribution is -2.38. The smallest absolute Gasteiger partial charge is 0.260 e. The van der Waals surface area contributed by atoms with Crippen molar-refractivity contribution in [2.24, 2.45) is 0 Å². The van der Waals surface area contributed by atoms with Gasteiger partial charge in [-0.1, -0.05) is 48.9 Å². The lowest BCUT2D eigenvalue weighted by molar-refractivity contribution is -0.127. The zero-order valence-electron chi connectivity index (χ0n) is 13.9. The van der Waals surface area contributed by atoms with Crippen LogP contribution in [0.2, 0.25) is 5.02 Å². The average molecular weight is 348 g/mol. The third-order valence-electron chi connectivity index (χ3n) is 3.52. The number of amides is 1. The van der Waals surface area contributed by atoms with Crippen molar-refractivity contribution in [1.29, 1.82) is 0 Å². The third-order valence-corrected chi connectivity index (χ3v) is 3.83. The quantitative estimate of drug-likeness (QED) is 0.737. The van der Waals surface area contributed by atoms with Crippen molar-refractivity contribution in [3.05, 3.63) is 59.1 Å². The number of rotatable bonds is 8. The molecule has 2 aromatic carbocycles. The second-order valence-electron chi connectivity index (χ2n) is 5.29. The fourth-order valence-electron chi connectivity index (χ4n) is 2.20. The number of hydrogen-bond acceptors (Lipinski definition) is 3. The number of ether oxygens (including phenoxy) is 2. The zero-order chi connectivity index (χ0) is 17.4. The summed E-state index contributed by atoms with van der Waals surface area (Å²) in [7, 11) is 0. The van der Waals surface area contributed by atoms with Crippen molar-refractivity contribution in [3.8, 4) is 11.5 Å². The van der Waals surface area contributed by atoms with E-state index in [9.17, 15) is 4.79 Å². The maximum Gasteiger partial charge on any atom is 0.260 e. The topological polar surface area (TPSA) is 47.6 Å². The highest BCUT2D eigenvalue weighted by molar-refractivity contribution is 6.32. The van der Waals surface area contributed by atoms with Crippen molar-refractivity contribution in [2.75, 3.05) is 13.2 Å². The molecule has 4 nitrogen and oxygen atoms in total. The average Bonchev–Trinajstić information content (AvgIpc) is 2.60. The maximum atomic E-state index is 12.1. The van der Waals surface area contributed by atoms with Crippen molar-refractivity contribution in [2.45, 2.75) is 26.4 Å². The summed E-state index contributed by atoms with van der Waals surface area (Å²) in [6.45, 7) is 4.51. The lowest BCUT2D eigenvalue weighted by atomic mass is 10.1. The molecular formula is C19H22ClNO3. The summed E-state index contributed by atoms with van der Waals surface area (Å²) in [5.41, 5.74) is 1.08. The van der Waals surface area contributed by atoms with Crippen LogP contribution in [0.5, 0.6) is 11.5 Å². The van der Waals surface area contributed by atoms with Crippen LogP contribution in [0.4, 0.5) is 0 Å². The Bertz CT molecular complexity index is 675. The van der Waals surface area contributed by atoms with E-state index >= 15 is 0 Å². The molecule has 2 rings (SSSR count). The Morgan fingerprint density at radius 3 is 2.50 bits per heavy atom. The fraction of sp³-hybridized carbons (Fsp3) is 0.316. The number of hydrogen-bond donors (Lipinski definition) is 1. The van der Waals surface area contributed by atoms with E-state index in [1.54, 1.807) is 19.1 Å². The molecule has 0 saturated carbocycles. The molecule has 0 aliphatic rings. The Kier molecular flexibility index (Phi) is 6.94. The summed E-state index contributed by atoms with van der Waals surface area (Å²) in [6, 6.07) is 15.0. The van der Waals surface area contributed by atoms with Gasteiger partial charge in [0.2, 0.25) is 0 Å². The fourth-order valence-corrected chi connectivity index (χ4v) is 2.39. The number of para-hydroxylation sites is 2. The number of nitrogens with one attached hydrogen (secondary N) is 1. The Hall–Kier alpha value is -2.20. The van der Waals surface area contributed by atoms with Gasteiger partial charge >= 0.3 is 0 Å². The molecule has 0 aliphatic heterocycles. The van der Waals surface area contributed by atoms with Crippen LogP contribution >= 0.6 is 11.6 Å². The summed E-state index contributed by atoms with van der Waals surface area (Å²) in [5.74, 6) is 1.17. The van der Waals surface area contributed by atoms with Crippen molar-refractivity contribution >= 4 is 17.5 Å². The van der Waals surface area contributed by atoms with Crippen LogP contribution in [0.3, 0.4) is 0 Å². The molecule has 0 radical (unpaired) electrons. The molecule has 5 heteroatoms. The van der Waals surface area contributed by atoms with E-state index in [4.69, 9.17) is 21.1 Å². The molecular weight excluding hydrogens is 326 g/mol. The predicted octanol–water partition coefficient (Wildman–Crippen LogP) is 3.86. The van der Waals surface area contributed by atoms with E-state index in [2.05, 4.69) is 12.2 Å². The molecule has 0 bridgehead atoms. The first-order valence-corrected chi connectivity index (χ1v) is 8.39. The second-order valence-corrected chi connectivity index (χ2v) is 5.70. The van der Waals surface area contributed by atoms with Crippen LogP contribution in [-0.4, -0.2) is 25.2 Å². The van der Waals surface area contributed by atoms with Crippen molar-refractivity contribution < 1.29 is 14.3 Å². The van der Waals surface area contributed by atoms with Gasteiger partial charge in [0.1, 0.15) is 18.1 Å². The Balaban J connectivity index is 1.77. The highest BCUT2D eigenvalue weighted by atomic mass is 35.5. The van der Waals surface area contributed by atoms with Gasteiger partial charge in [0.05, 0.1) is 11.6 Å². The Morgan fingerprint density at radius 2 is 1.79 bits per heavy atom. The van der Waals surface area contributed by atoms with E-state index < -0.39 is 6.10 Å². The van der Waals surface area contributed by atoms with Gasteiger partial charge in [-0.15, -0.1) is 0 Å². The summed E-state index contributed by atoms with van der Waals surface area (Å²) in [6.07, 6.45) is 0.286. The zero-order valence-corrected chi connectivity index (χ0v) is 14.7. The molecule has 0 aliphatic carbocycles. The summed E-state index contributed by atoms with van der Waals surface area (Å²) >= 11 is 6.00. The second kappa shape index (κ2) is 9.18. The summed E-state index contributed by atoms with van der Waals surface area (Å²) in [5, 5.41) is 3.35. The highest BCUT2D eigenvalue weighted by Crippen LogP contribution is 2.22. The van der Waals surface area contributed by atoms with Gasteiger partial charge in [-0.2, -0.15) is 0 Å². The molecule has 128 valence electrons. The molecule has 1 N–H and O–H groups in total. The van der Waals surface area contributed by atoms with Crippen LogP contribution < -0.4 is 14.8 Å². The van der Waals surface area contributed by atoms with Crippen LogP contribution in [0, 0.1) is 0 Å². The van der Waals surface area contributed by atoms with Crippen LogP contribution in [-0.2, 0) is 11.2 Å². The summed E-state index contributed by atoms with van der Waals surface area (Å²) in [4.78, 5) is 12.1. The number of benzene rings is 2. The standard InChI is InChI=1S/C19H22ClNO3/c1-3-15-8-4-6-10-17(15)24-14(2)19(22)21-12-13-23-18-11-7-5-9-16(18)20/h4-11,14H,3,12-13H2,1-2H3,(H,21,22)/t14-/m1/s1. The molecule has 0 heterocycles. The van der Waals surface area contributed by atoms with E-state index in [-0.39, 0.29) is 5.91 Å². The molecule has 0 fully saturated rings. The van der Waals surface area contributed by atoms with Crippen LogP contribution in [0.25, 0.3) is 0 Å². The molecule has 24 heavy (non-hydrogen) atoms. The first kappa shape index (κ1) is 18.1. The number of aryl methyl sites for hydroxylation is 1. The minimum absolute atomic E-state index is 0.177. The van der Waals surface area contributed by atoms with Gasteiger partial charge in [-0.25, -0.2) is 0 Å². The molecule has 0 spiro atoms. The van der Waals surface area contributed by atoms with Crippen LogP contribution in [0.15, 0.2) is 48.5 Å². The molecule has 2 aromatic rings. The largest absolute Gasteiger partial charge is 0.490 e. The maximum absolute atomic E-state index is 12.1. The van der Waals surface area contributed by atoms with Gasteiger partial charge in [-0.3, -0.25) is 4.79 Å². The van der Waals surface area contributed by atoms with Gasteiger partial charge < -0.3 is 14.8 Å². The molecule has 0 saturated heterocycles. The van der Waals surface area contributed by atoms with Crippen molar-refractivity contribution in [3.63, 3.8) is 0 Å². The Labute approximate surface area is 147 Å². The Morgan fingerprint density at radius 1 is 1.12 bits per heavy atom. The van der Waals surface area contributed by atoms with Gasteiger partial charge in [0.15, 0.2) is 6.10 Å². The van der Waals surface area contributed by atoms with Gasteiger partial charge in [0, 0.05) is 0 Å². The number of halogens is 1. The van der Waals surface area contributed by atoms with E-state index in [1.807, 2.05) is 36.4 Å². The number of carbonyl (C=O) groups excluding carboxylic acids is 1. The van der Waals surface area contributed by atoms with E-state index in [1.165, 1.54) is 0 Å². The first-order valence-electron chi connectivity index (χ1n) is 8.01. The minimum atomic E-state index is -0.571. The highest BCUT2D eigenvalue weighted by Gasteiger charge is 2.15. The molecule has 1 amide bonds. The lowest BCUT2D eigenvalue weighted by Gasteiger charge is -2.17. The molecule has 0 aromatic heterocycles. The van der Waals surface area contributed by atoms with Crippen molar-refractivity contribution in [1.82, 2.24) is 5.32 Å². The summed E-state index contributed by atoms with van der Waals surface area (Å²) < 4.78 is 11.3. The van der Waals surface area contributed by atoms with Gasteiger partial charge in [0.25, 0.3) is 5.91 Å². The normalized spacial score (nSPS) is 11.6. The van der Waals surface area contributed by atoms with E-state index in [0.717, 1.165) is 17.7 Å². The first-order chi connectivity index (χ1) is 11.6. The minimum Gasteiger partial charge on any atom is -0.490 e. The van der Waals surface area contributed by atoms with E-state index in [0.29, 0.717) is 23.9 Å². The molecule has 0 unspecified atom stereocenters. The molecule has 1 atom stereocenters.